The second kappa shape index (κ2) is 10.8. The molecule has 4 fully saturated rings. The van der Waals surface area contributed by atoms with Crippen LogP contribution >= 0.6 is 11.3 Å². The molecule has 6 heterocycles. The molecule has 246 valence electrons. The first-order valence-corrected chi connectivity index (χ1v) is 16.2. The normalized spacial score (nSPS) is 26.0. The molecule has 2 bridgehead atoms. The lowest BCUT2D eigenvalue weighted by Crippen LogP contribution is -2.43. The van der Waals surface area contributed by atoms with Gasteiger partial charge >= 0.3 is 12.2 Å². The van der Waals surface area contributed by atoms with Gasteiger partial charge in [0.25, 0.3) is 0 Å². The first-order valence-electron chi connectivity index (χ1n) is 15.4. The molecule has 4 aliphatic heterocycles. The molecule has 4 unspecified atom stereocenters. The molecule has 8 rings (SSSR count). The average molecular weight is 675 g/mol. The van der Waals surface area contributed by atoms with E-state index in [9.17, 15) is 27.2 Å². The predicted molar refractivity (Wildman–Crippen MR) is 163 cm³/mol. The summed E-state index contributed by atoms with van der Waals surface area (Å²) in [7, 11) is 0. The number of piperidine rings is 1. The van der Waals surface area contributed by atoms with E-state index in [2.05, 4.69) is 9.97 Å². The number of thiophene rings is 1. The summed E-state index contributed by atoms with van der Waals surface area (Å²) in [6.45, 7) is 2.27. The molecule has 2 aromatic heterocycles. The Morgan fingerprint density at radius 1 is 1.19 bits per heavy atom. The molecule has 0 radical (unpaired) electrons. The van der Waals surface area contributed by atoms with Gasteiger partial charge in [0.05, 0.1) is 34.1 Å². The van der Waals surface area contributed by atoms with Gasteiger partial charge in [-0.3, -0.25) is 4.90 Å². The van der Waals surface area contributed by atoms with Gasteiger partial charge < -0.3 is 20.1 Å². The topological polar surface area (TPSA) is 101 Å². The van der Waals surface area contributed by atoms with Crippen LogP contribution in [0.2, 0.25) is 0 Å². The zero-order valence-electron chi connectivity index (χ0n) is 24.8. The number of nitrogens with two attached hydrogens (primary N) is 1. The van der Waals surface area contributed by atoms with Crippen molar-refractivity contribution in [2.24, 2.45) is 5.92 Å². The highest BCUT2D eigenvalue weighted by atomic mass is 32.1. The molecule has 0 aliphatic carbocycles. The lowest BCUT2D eigenvalue weighted by atomic mass is 9.92. The minimum Gasteiger partial charge on any atom is -0.461 e. The standard InChI is InChI=1S/C32H28F6N6O2S/c33-16-8-31(4-1-5-44(31)11-16)14-46-30-41-26-19(29(42-30)43-10-15-6-17(12-43)45-13-15)7-21(32(36,37)38)24(25(26)35)18-2-3-22(34)27-23(18)20(9-39)28(40)47-27/h2-3,7,15-17H,1,4-6,8,10-14,40H2. The number of aromatic nitrogens is 2. The van der Waals surface area contributed by atoms with Gasteiger partial charge in [0.2, 0.25) is 0 Å². The van der Waals surface area contributed by atoms with E-state index in [1.165, 1.54) is 0 Å². The number of ether oxygens (including phenoxy) is 2. The van der Waals surface area contributed by atoms with Gasteiger partial charge in [-0.1, -0.05) is 6.07 Å². The highest BCUT2D eigenvalue weighted by Crippen LogP contribution is 2.48. The molecule has 4 aliphatic rings. The molecular weight excluding hydrogens is 646 g/mol. The van der Waals surface area contributed by atoms with Crippen LogP contribution in [-0.4, -0.2) is 72.1 Å². The Morgan fingerprint density at radius 2 is 2.02 bits per heavy atom. The fraction of sp³-hybridized carbons (Fsp3) is 0.469. The van der Waals surface area contributed by atoms with E-state index in [0.29, 0.717) is 44.0 Å². The van der Waals surface area contributed by atoms with Crippen molar-refractivity contribution in [1.82, 2.24) is 14.9 Å². The molecule has 0 saturated carbocycles. The van der Waals surface area contributed by atoms with Gasteiger partial charge in [0.15, 0.2) is 5.82 Å². The maximum atomic E-state index is 17.0. The van der Waals surface area contributed by atoms with E-state index in [4.69, 9.17) is 15.2 Å². The van der Waals surface area contributed by atoms with Crippen LogP contribution in [0.25, 0.3) is 32.1 Å². The summed E-state index contributed by atoms with van der Waals surface area (Å²) in [6.07, 6.45) is -3.64. The van der Waals surface area contributed by atoms with Crippen LogP contribution in [0.4, 0.5) is 37.2 Å². The summed E-state index contributed by atoms with van der Waals surface area (Å²) >= 11 is 0.699. The highest BCUT2D eigenvalue weighted by molar-refractivity contribution is 7.23. The zero-order valence-corrected chi connectivity index (χ0v) is 25.7. The Kier molecular flexibility index (Phi) is 7.02. The van der Waals surface area contributed by atoms with Crippen molar-refractivity contribution in [3.8, 4) is 23.2 Å². The molecule has 2 N–H and O–H groups in total. The number of nitriles is 1. The zero-order chi connectivity index (χ0) is 32.8. The van der Waals surface area contributed by atoms with Gasteiger partial charge in [0.1, 0.15) is 41.0 Å². The summed E-state index contributed by atoms with van der Waals surface area (Å²) in [5, 5.41) is 9.30. The lowest BCUT2D eigenvalue weighted by Gasteiger charge is -2.33. The van der Waals surface area contributed by atoms with Crippen molar-refractivity contribution >= 4 is 43.1 Å². The summed E-state index contributed by atoms with van der Waals surface area (Å²) in [4.78, 5) is 12.7. The Morgan fingerprint density at radius 3 is 2.79 bits per heavy atom. The lowest BCUT2D eigenvalue weighted by molar-refractivity contribution is -0.137. The fourth-order valence-electron chi connectivity index (χ4n) is 7.98. The van der Waals surface area contributed by atoms with Gasteiger partial charge in [0, 0.05) is 48.3 Å². The number of rotatable bonds is 5. The van der Waals surface area contributed by atoms with Crippen molar-refractivity contribution in [3.63, 3.8) is 0 Å². The number of halogens is 6. The summed E-state index contributed by atoms with van der Waals surface area (Å²) in [5.74, 6) is -1.95. The molecule has 0 spiro atoms. The summed E-state index contributed by atoms with van der Waals surface area (Å²) < 4.78 is 103. The number of fused-ring (bicyclic) bond motifs is 5. The maximum Gasteiger partial charge on any atom is 0.417 e. The van der Waals surface area contributed by atoms with Gasteiger partial charge in [-0.2, -0.15) is 28.4 Å². The van der Waals surface area contributed by atoms with E-state index < -0.39 is 46.2 Å². The first-order chi connectivity index (χ1) is 22.5. The largest absolute Gasteiger partial charge is 0.461 e. The van der Waals surface area contributed by atoms with Crippen molar-refractivity contribution < 1.29 is 35.8 Å². The highest BCUT2D eigenvalue weighted by Gasteiger charge is 2.49. The van der Waals surface area contributed by atoms with Crippen molar-refractivity contribution in [1.29, 1.82) is 5.26 Å². The van der Waals surface area contributed by atoms with Crippen LogP contribution in [0.15, 0.2) is 18.2 Å². The van der Waals surface area contributed by atoms with Gasteiger partial charge in [-0.05, 0) is 43.5 Å². The van der Waals surface area contributed by atoms with E-state index >= 15 is 4.39 Å². The molecule has 4 saturated heterocycles. The number of anilines is 2. The third-order valence-corrected chi connectivity index (χ3v) is 11.0. The fourth-order valence-corrected chi connectivity index (χ4v) is 8.93. The Labute approximate surface area is 268 Å². The quantitative estimate of drug-likeness (QED) is 0.242. The number of benzene rings is 2. The van der Waals surface area contributed by atoms with Gasteiger partial charge in [-0.15, -0.1) is 11.3 Å². The maximum absolute atomic E-state index is 17.0. The van der Waals surface area contributed by atoms with Gasteiger partial charge in [-0.25, -0.2) is 13.2 Å². The van der Waals surface area contributed by atoms with Crippen molar-refractivity contribution in [2.75, 3.05) is 50.0 Å². The summed E-state index contributed by atoms with van der Waals surface area (Å²) in [6, 6.07) is 4.33. The predicted octanol–water partition coefficient (Wildman–Crippen LogP) is 6.44. The molecule has 8 nitrogen and oxygen atoms in total. The summed E-state index contributed by atoms with van der Waals surface area (Å²) in [5.41, 5.74) is 2.13. The molecule has 47 heavy (non-hydrogen) atoms. The van der Waals surface area contributed by atoms with E-state index in [1.54, 1.807) is 4.90 Å². The second-order valence-electron chi connectivity index (χ2n) is 12.9. The van der Waals surface area contributed by atoms with Crippen LogP contribution < -0.4 is 15.4 Å². The van der Waals surface area contributed by atoms with Crippen LogP contribution in [0.1, 0.15) is 36.8 Å². The van der Waals surface area contributed by atoms with Crippen LogP contribution in [-0.2, 0) is 10.9 Å². The minimum atomic E-state index is -5.06. The monoisotopic (exact) mass is 674 g/mol. The number of nitrogens with zero attached hydrogens (tertiary/aromatic N) is 5. The smallest absolute Gasteiger partial charge is 0.417 e. The number of hydrogen-bond donors (Lipinski definition) is 1. The third kappa shape index (κ3) is 4.86. The van der Waals surface area contributed by atoms with Crippen molar-refractivity contribution in [2.45, 2.75) is 49.7 Å². The Bertz CT molecular complexity index is 1970. The second-order valence-corrected chi connectivity index (χ2v) is 14.0. The third-order valence-electron chi connectivity index (χ3n) is 9.99. The van der Waals surface area contributed by atoms with Crippen LogP contribution in [0.5, 0.6) is 6.01 Å². The molecule has 2 aromatic carbocycles. The Balaban J connectivity index is 1.34. The minimum absolute atomic E-state index is 0.0279. The Hall–Kier alpha value is -3.87. The molecule has 4 atom stereocenters. The van der Waals surface area contributed by atoms with Crippen LogP contribution in [0.3, 0.4) is 0 Å². The number of alkyl halides is 4. The molecule has 4 aromatic rings. The van der Waals surface area contributed by atoms with Crippen LogP contribution in [0, 0.1) is 28.9 Å². The van der Waals surface area contributed by atoms with E-state index in [1.807, 2.05) is 11.0 Å². The van der Waals surface area contributed by atoms with Crippen molar-refractivity contribution in [3.05, 3.63) is 41.0 Å². The number of hydrogen-bond acceptors (Lipinski definition) is 9. The van der Waals surface area contributed by atoms with E-state index in [-0.39, 0.29) is 75.0 Å². The van der Waals surface area contributed by atoms with E-state index in [0.717, 1.165) is 31.0 Å². The first kappa shape index (κ1) is 30.5. The molecule has 15 heteroatoms. The number of nitrogen functional groups attached to an aromatic ring is 1. The SMILES string of the molecule is N#Cc1c(N)sc2c(F)ccc(-c3c(C(F)(F)F)cc4c(N5CC6COC(C6)C5)nc(OCC56CCCN5CC(F)C6)nc4c3F)c12. The average Bonchev–Trinajstić information content (AvgIpc) is 3.76. The molecular formula is C32H28F6N6O2S. The molecule has 0 amide bonds.